The average Bonchev–Trinajstić information content (AvgIpc) is 2.99. The van der Waals surface area contributed by atoms with Gasteiger partial charge in [0.2, 0.25) is 0 Å². The van der Waals surface area contributed by atoms with Crippen LogP contribution >= 0.6 is 0 Å². The van der Waals surface area contributed by atoms with Gasteiger partial charge < -0.3 is 14.6 Å². The lowest BCUT2D eigenvalue weighted by Gasteiger charge is -2.16. The molecular weight excluding hydrogens is 374 g/mol. The molecule has 3 aromatic rings. The van der Waals surface area contributed by atoms with Crippen LogP contribution in [0.25, 0.3) is 5.69 Å². The molecule has 0 saturated heterocycles. The second kappa shape index (κ2) is 8.07. The van der Waals surface area contributed by atoms with Crippen molar-refractivity contribution < 1.29 is 23.4 Å². The molecule has 2 aromatic carbocycles. The quantitative estimate of drug-likeness (QED) is 0.664. The van der Waals surface area contributed by atoms with Gasteiger partial charge in [0.25, 0.3) is 0 Å². The maximum Gasteiger partial charge on any atom is 0.387 e. The number of aryl methyl sites for hydroxylation is 2. The number of alkyl halides is 2. The molecule has 10 heteroatoms. The van der Waals surface area contributed by atoms with Crippen LogP contribution in [0, 0.1) is 0 Å². The molecule has 0 atom stereocenters. The molecule has 1 N–H and O–H groups in total. The number of tetrazole rings is 1. The third-order valence-corrected chi connectivity index (χ3v) is 4.07. The first-order valence-corrected chi connectivity index (χ1v) is 8.41. The molecule has 0 aliphatic carbocycles. The van der Waals surface area contributed by atoms with Crippen LogP contribution in [0.3, 0.4) is 0 Å². The molecule has 0 amide bonds. The van der Waals surface area contributed by atoms with Crippen molar-refractivity contribution in [2.45, 2.75) is 26.6 Å². The summed E-state index contributed by atoms with van der Waals surface area (Å²) in [6, 6.07) is 8.96. The minimum Gasteiger partial charge on any atom is -0.508 e. The number of hydrogen-bond acceptors (Lipinski definition) is 6. The van der Waals surface area contributed by atoms with E-state index in [1.807, 2.05) is 6.92 Å². The molecule has 3 rings (SSSR count). The molecule has 0 aliphatic heterocycles. The van der Waals surface area contributed by atoms with E-state index in [-0.39, 0.29) is 29.4 Å². The summed E-state index contributed by atoms with van der Waals surface area (Å²) in [6.07, 6.45) is 0.593. The number of halogens is 2. The SMILES string of the molecule is CCc1cc(O)ccc1OCc1c(OC(F)F)cccc1-n1nnn(C)c1=O. The molecule has 0 spiro atoms. The van der Waals surface area contributed by atoms with Gasteiger partial charge in [-0.2, -0.15) is 18.1 Å². The van der Waals surface area contributed by atoms with E-state index in [0.29, 0.717) is 12.2 Å². The highest BCUT2D eigenvalue weighted by atomic mass is 19.3. The van der Waals surface area contributed by atoms with Crippen LogP contribution in [0.4, 0.5) is 8.78 Å². The number of nitrogens with zero attached hydrogens (tertiary/aromatic N) is 4. The van der Waals surface area contributed by atoms with Crippen molar-refractivity contribution in [2.24, 2.45) is 7.05 Å². The van der Waals surface area contributed by atoms with Gasteiger partial charge in [-0.1, -0.05) is 13.0 Å². The van der Waals surface area contributed by atoms with Crippen LogP contribution in [0.2, 0.25) is 0 Å². The summed E-state index contributed by atoms with van der Waals surface area (Å²) < 4.78 is 38.1. The molecular formula is C18H18F2N4O4. The van der Waals surface area contributed by atoms with Crippen molar-refractivity contribution in [3.8, 4) is 22.9 Å². The molecule has 0 saturated carbocycles. The molecule has 0 bridgehead atoms. The van der Waals surface area contributed by atoms with Crippen molar-refractivity contribution in [1.82, 2.24) is 19.8 Å². The summed E-state index contributed by atoms with van der Waals surface area (Å²) in [7, 11) is 1.42. The van der Waals surface area contributed by atoms with Crippen molar-refractivity contribution in [3.63, 3.8) is 0 Å². The van der Waals surface area contributed by atoms with Gasteiger partial charge in [0.1, 0.15) is 23.9 Å². The lowest BCUT2D eigenvalue weighted by Crippen LogP contribution is -2.23. The first-order valence-electron chi connectivity index (χ1n) is 8.41. The van der Waals surface area contributed by atoms with Gasteiger partial charge >= 0.3 is 12.3 Å². The minimum atomic E-state index is -3.05. The number of rotatable bonds is 7. The van der Waals surface area contributed by atoms with Crippen LogP contribution in [0.1, 0.15) is 18.1 Å². The van der Waals surface area contributed by atoms with E-state index >= 15 is 0 Å². The van der Waals surface area contributed by atoms with Crippen LogP contribution in [-0.4, -0.2) is 31.5 Å². The largest absolute Gasteiger partial charge is 0.508 e. The molecule has 0 unspecified atom stereocenters. The van der Waals surface area contributed by atoms with Crippen molar-refractivity contribution >= 4 is 0 Å². The number of aromatic hydroxyl groups is 1. The van der Waals surface area contributed by atoms with Crippen molar-refractivity contribution in [2.75, 3.05) is 0 Å². The second-order valence-corrected chi connectivity index (χ2v) is 5.86. The van der Waals surface area contributed by atoms with Crippen LogP contribution < -0.4 is 15.2 Å². The van der Waals surface area contributed by atoms with E-state index in [9.17, 15) is 18.7 Å². The van der Waals surface area contributed by atoms with Gasteiger partial charge in [0.15, 0.2) is 0 Å². The zero-order valence-electron chi connectivity index (χ0n) is 15.2. The average molecular weight is 392 g/mol. The van der Waals surface area contributed by atoms with Gasteiger partial charge in [0, 0.05) is 7.05 Å². The fourth-order valence-electron chi connectivity index (χ4n) is 2.70. The van der Waals surface area contributed by atoms with Crippen LogP contribution in [0.5, 0.6) is 17.2 Å². The zero-order chi connectivity index (χ0) is 20.3. The standard InChI is InChI=1S/C18H18F2N4O4/c1-3-11-9-12(25)7-8-15(11)27-10-13-14(24-18(26)23(2)21-22-24)5-4-6-16(13)28-17(19)20/h4-9,17,25H,3,10H2,1-2H3. The van der Waals surface area contributed by atoms with Crippen LogP contribution in [0.15, 0.2) is 41.2 Å². The summed E-state index contributed by atoms with van der Waals surface area (Å²) >= 11 is 0. The Morgan fingerprint density at radius 2 is 1.96 bits per heavy atom. The number of phenols is 1. The fraction of sp³-hybridized carbons (Fsp3) is 0.278. The maximum absolute atomic E-state index is 12.9. The monoisotopic (exact) mass is 392 g/mol. The molecule has 1 aromatic heterocycles. The fourth-order valence-corrected chi connectivity index (χ4v) is 2.70. The highest BCUT2D eigenvalue weighted by molar-refractivity contribution is 5.49. The van der Waals surface area contributed by atoms with Gasteiger partial charge in [-0.05, 0) is 52.7 Å². The smallest absolute Gasteiger partial charge is 0.387 e. The van der Waals surface area contributed by atoms with Gasteiger partial charge in [-0.25, -0.2) is 4.79 Å². The summed E-state index contributed by atoms with van der Waals surface area (Å²) in [5.74, 6) is 0.434. The van der Waals surface area contributed by atoms with Gasteiger partial charge in [0.05, 0.1) is 11.3 Å². The first kappa shape index (κ1) is 19.3. The lowest BCUT2D eigenvalue weighted by atomic mass is 10.1. The summed E-state index contributed by atoms with van der Waals surface area (Å²) in [5.41, 5.74) is 0.619. The molecule has 8 nitrogen and oxygen atoms in total. The summed E-state index contributed by atoms with van der Waals surface area (Å²) in [6.45, 7) is -1.33. The topological polar surface area (TPSA) is 91.4 Å². The predicted molar refractivity (Wildman–Crippen MR) is 95.0 cm³/mol. The predicted octanol–water partition coefficient (Wildman–Crippen LogP) is 2.41. The van der Waals surface area contributed by atoms with Gasteiger partial charge in [-0.3, -0.25) is 0 Å². The second-order valence-electron chi connectivity index (χ2n) is 5.86. The van der Waals surface area contributed by atoms with E-state index in [2.05, 4.69) is 15.2 Å². The maximum atomic E-state index is 12.9. The Morgan fingerprint density at radius 1 is 1.18 bits per heavy atom. The van der Waals surface area contributed by atoms with E-state index < -0.39 is 12.3 Å². The molecule has 0 aliphatic rings. The number of phenolic OH excluding ortho intramolecular Hbond substituents is 1. The number of benzene rings is 2. The highest BCUT2D eigenvalue weighted by Gasteiger charge is 2.19. The lowest BCUT2D eigenvalue weighted by molar-refractivity contribution is -0.0508. The molecule has 148 valence electrons. The molecule has 0 radical (unpaired) electrons. The first-order chi connectivity index (χ1) is 13.4. The molecule has 28 heavy (non-hydrogen) atoms. The third-order valence-electron chi connectivity index (χ3n) is 4.07. The Kier molecular flexibility index (Phi) is 5.57. The van der Waals surface area contributed by atoms with E-state index in [0.717, 1.165) is 14.9 Å². The van der Waals surface area contributed by atoms with Crippen LogP contribution in [-0.2, 0) is 20.1 Å². The third kappa shape index (κ3) is 3.95. The molecule has 1 heterocycles. The minimum absolute atomic E-state index is 0.0948. The van der Waals surface area contributed by atoms with Gasteiger partial charge in [-0.15, -0.1) is 0 Å². The summed E-state index contributed by atoms with van der Waals surface area (Å²) in [4.78, 5) is 12.2. The Bertz CT molecular complexity index is 1030. The number of aromatic nitrogens is 4. The summed E-state index contributed by atoms with van der Waals surface area (Å²) in [5, 5.41) is 17.0. The van der Waals surface area contributed by atoms with E-state index in [1.165, 1.54) is 31.3 Å². The van der Waals surface area contributed by atoms with Crippen molar-refractivity contribution in [1.29, 1.82) is 0 Å². The Hall–Kier alpha value is -3.43. The Morgan fingerprint density at radius 3 is 2.61 bits per heavy atom. The normalized spacial score (nSPS) is 11.0. The van der Waals surface area contributed by atoms with E-state index in [1.54, 1.807) is 12.1 Å². The Labute approximate surface area is 158 Å². The highest BCUT2D eigenvalue weighted by Crippen LogP contribution is 2.30. The Balaban J connectivity index is 2.02. The number of hydrogen-bond donors (Lipinski definition) is 1. The van der Waals surface area contributed by atoms with Crippen molar-refractivity contribution in [3.05, 3.63) is 58.0 Å². The number of ether oxygens (including phenoxy) is 2. The van der Waals surface area contributed by atoms with E-state index in [4.69, 9.17) is 4.74 Å². The zero-order valence-corrected chi connectivity index (χ0v) is 15.2. The molecule has 0 fully saturated rings.